The maximum atomic E-state index is 12.5. The van der Waals surface area contributed by atoms with Gasteiger partial charge < -0.3 is 14.8 Å². The summed E-state index contributed by atoms with van der Waals surface area (Å²) in [6.07, 6.45) is -4.52. The highest BCUT2D eigenvalue weighted by Crippen LogP contribution is 2.29. The summed E-state index contributed by atoms with van der Waals surface area (Å²) in [4.78, 5) is 23.5. The van der Waals surface area contributed by atoms with Gasteiger partial charge in [0, 0.05) is 11.3 Å². The van der Waals surface area contributed by atoms with Gasteiger partial charge in [-0.1, -0.05) is 18.2 Å². The Morgan fingerprint density at radius 1 is 1.04 bits per heavy atom. The Bertz CT molecular complexity index is 773. The third kappa shape index (κ3) is 5.51. The number of alkyl halides is 3. The first kappa shape index (κ1) is 19.3. The van der Waals surface area contributed by atoms with Crippen molar-refractivity contribution in [2.45, 2.75) is 12.6 Å². The number of amides is 1. The van der Waals surface area contributed by atoms with Gasteiger partial charge in [0.25, 0.3) is 5.91 Å². The predicted molar refractivity (Wildman–Crippen MR) is 87.7 cm³/mol. The minimum Gasteiger partial charge on any atom is -0.496 e. The summed E-state index contributed by atoms with van der Waals surface area (Å²) < 4.78 is 47.4. The lowest BCUT2D eigenvalue weighted by Gasteiger charge is -2.10. The lowest BCUT2D eigenvalue weighted by atomic mass is 10.1. The number of para-hydroxylation sites is 1. The van der Waals surface area contributed by atoms with Gasteiger partial charge in [-0.15, -0.1) is 0 Å². The van der Waals surface area contributed by atoms with E-state index in [9.17, 15) is 22.8 Å². The normalized spacial score (nSPS) is 10.9. The Hall–Kier alpha value is -3.03. The zero-order chi connectivity index (χ0) is 19.2. The molecule has 0 radical (unpaired) electrons. The molecule has 0 aliphatic carbocycles. The fourth-order valence-corrected chi connectivity index (χ4v) is 2.14. The van der Waals surface area contributed by atoms with Crippen LogP contribution in [0.15, 0.2) is 48.5 Å². The second-order valence-electron chi connectivity index (χ2n) is 5.27. The molecule has 2 aromatic carbocycles. The number of nitrogens with one attached hydrogen (secondary N) is 1. The number of hydrogen-bond donors (Lipinski definition) is 1. The zero-order valence-electron chi connectivity index (χ0n) is 13.8. The van der Waals surface area contributed by atoms with Crippen LogP contribution in [0.25, 0.3) is 0 Å². The highest BCUT2D eigenvalue weighted by molar-refractivity contribution is 5.92. The van der Waals surface area contributed by atoms with E-state index in [0.29, 0.717) is 11.3 Å². The van der Waals surface area contributed by atoms with Crippen LogP contribution in [0.5, 0.6) is 5.75 Å². The number of halogens is 3. The van der Waals surface area contributed by atoms with Crippen LogP contribution in [0, 0.1) is 0 Å². The van der Waals surface area contributed by atoms with E-state index in [1.165, 1.54) is 7.11 Å². The Labute approximate surface area is 147 Å². The smallest absolute Gasteiger partial charge is 0.416 e. The average Bonchev–Trinajstić information content (AvgIpc) is 2.60. The van der Waals surface area contributed by atoms with E-state index in [0.717, 1.165) is 24.3 Å². The minimum atomic E-state index is -4.45. The van der Waals surface area contributed by atoms with Crippen LogP contribution in [0.4, 0.5) is 18.9 Å². The molecule has 8 heteroatoms. The number of anilines is 1. The van der Waals surface area contributed by atoms with Crippen molar-refractivity contribution in [2.75, 3.05) is 19.0 Å². The quantitative estimate of drug-likeness (QED) is 0.795. The molecule has 0 heterocycles. The van der Waals surface area contributed by atoms with Crippen molar-refractivity contribution in [1.82, 2.24) is 0 Å². The van der Waals surface area contributed by atoms with Gasteiger partial charge in [-0.2, -0.15) is 13.2 Å². The summed E-state index contributed by atoms with van der Waals surface area (Å²) in [5, 5.41) is 2.35. The van der Waals surface area contributed by atoms with Crippen molar-refractivity contribution in [3.63, 3.8) is 0 Å². The monoisotopic (exact) mass is 367 g/mol. The number of methoxy groups -OCH3 is 1. The lowest BCUT2D eigenvalue weighted by molar-refractivity contribution is -0.146. The second-order valence-corrected chi connectivity index (χ2v) is 5.27. The number of carbonyl (C=O) groups is 2. The maximum absolute atomic E-state index is 12.5. The topological polar surface area (TPSA) is 64.6 Å². The van der Waals surface area contributed by atoms with Crippen molar-refractivity contribution in [3.05, 3.63) is 59.7 Å². The maximum Gasteiger partial charge on any atom is 0.416 e. The van der Waals surface area contributed by atoms with Crippen molar-refractivity contribution in [3.8, 4) is 5.75 Å². The van der Waals surface area contributed by atoms with Crippen LogP contribution in [0.2, 0.25) is 0 Å². The zero-order valence-corrected chi connectivity index (χ0v) is 13.8. The van der Waals surface area contributed by atoms with Gasteiger partial charge in [0.1, 0.15) is 5.75 Å². The van der Waals surface area contributed by atoms with Crippen LogP contribution in [0.3, 0.4) is 0 Å². The molecule has 138 valence electrons. The molecule has 0 aromatic heterocycles. The molecule has 0 saturated carbocycles. The summed E-state index contributed by atoms with van der Waals surface area (Å²) in [5.74, 6) is -0.756. The molecule has 0 bridgehead atoms. The standard InChI is InChI=1S/C18H16F3NO4/c1-25-15-5-3-2-4-12(15)10-17(24)26-11-16(23)22-14-8-6-13(7-9-14)18(19,20)21/h2-9H,10-11H2,1H3,(H,22,23). The molecule has 2 rings (SSSR count). The molecule has 0 aliphatic rings. The first-order valence-electron chi connectivity index (χ1n) is 7.54. The van der Waals surface area contributed by atoms with Crippen molar-refractivity contribution in [2.24, 2.45) is 0 Å². The van der Waals surface area contributed by atoms with E-state index in [1.807, 2.05) is 0 Å². The second kappa shape index (κ2) is 8.37. The van der Waals surface area contributed by atoms with Crippen LogP contribution in [0.1, 0.15) is 11.1 Å². The molecule has 0 saturated heterocycles. The minimum absolute atomic E-state index is 0.0719. The summed E-state index contributed by atoms with van der Waals surface area (Å²) in [6, 6.07) is 10.8. The highest BCUT2D eigenvalue weighted by atomic mass is 19.4. The highest BCUT2D eigenvalue weighted by Gasteiger charge is 2.30. The Kier molecular flexibility index (Phi) is 6.21. The molecule has 26 heavy (non-hydrogen) atoms. The van der Waals surface area contributed by atoms with E-state index in [-0.39, 0.29) is 12.1 Å². The molecule has 1 N–H and O–H groups in total. The van der Waals surface area contributed by atoms with Gasteiger partial charge in [0.2, 0.25) is 0 Å². The van der Waals surface area contributed by atoms with Crippen LogP contribution in [-0.4, -0.2) is 25.6 Å². The summed E-state index contributed by atoms with van der Waals surface area (Å²) in [5.41, 5.74) is -0.0364. The van der Waals surface area contributed by atoms with E-state index >= 15 is 0 Å². The molecular weight excluding hydrogens is 351 g/mol. The molecule has 0 fully saturated rings. The summed E-state index contributed by atoms with van der Waals surface area (Å²) in [7, 11) is 1.47. The molecule has 0 aliphatic heterocycles. The Balaban J connectivity index is 1.84. The van der Waals surface area contributed by atoms with Crippen LogP contribution >= 0.6 is 0 Å². The number of carbonyl (C=O) groups excluding carboxylic acids is 2. The van der Waals surface area contributed by atoms with Gasteiger partial charge in [0.05, 0.1) is 19.1 Å². The van der Waals surface area contributed by atoms with Crippen LogP contribution < -0.4 is 10.1 Å². The molecule has 0 spiro atoms. The third-order valence-electron chi connectivity index (χ3n) is 3.39. The van der Waals surface area contributed by atoms with Gasteiger partial charge in [-0.3, -0.25) is 9.59 Å². The van der Waals surface area contributed by atoms with Crippen LogP contribution in [-0.2, 0) is 26.9 Å². The largest absolute Gasteiger partial charge is 0.496 e. The predicted octanol–water partition coefficient (Wildman–Crippen LogP) is 3.44. The van der Waals surface area contributed by atoms with Crippen molar-refractivity contribution in [1.29, 1.82) is 0 Å². The van der Waals surface area contributed by atoms with E-state index < -0.39 is 30.2 Å². The number of ether oxygens (including phenoxy) is 2. The summed E-state index contributed by atoms with van der Waals surface area (Å²) >= 11 is 0. The number of esters is 1. The molecule has 0 atom stereocenters. The lowest BCUT2D eigenvalue weighted by Crippen LogP contribution is -2.21. The first-order chi connectivity index (χ1) is 12.3. The molecule has 0 unspecified atom stereocenters. The Morgan fingerprint density at radius 3 is 2.31 bits per heavy atom. The fourth-order valence-electron chi connectivity index (χ4n) is 2.14. The summed E-state index contributed by atoms with van der Waals surface area (Å²) in [6.45, 7) is -0.547. The van der Waals surface area contributed by atoms with Crippen molar-refractivity contribution < 1.29 is 32.2 Å². The molecule has 2 aromatic rings. The van der Waals surface area contributed by atoms with E-state index in [4.69, 9.17) is 9.47 Å². The fraction of sp³-hybridized carbons (Fsp3) is 0.222. The van der Waals surface area contributed by atoms with Crippen molar-refractivity contribution >= 4 is 17.6 Å². The molecule has 1 amide bonds. The van der Waals surface area contributed by atoms with Gasteiger partial charge in [-0.05, 0) is 30.3 Å². The molecule has 5 nitrogen and oxygen atoms in total. The SMILES string of the molecule is COc1ccccc1CC(=O)OCC(=O)Nc1ccc(C(F)(F)F)cc1. The average molecular weight is 367 g/mol. The first-order valence-corrected chi connectivity index (χ1v) is 7.54. The number of benzene rings is 2. The number of rotatable bonds is 6. The van der Waals surface area contributed by atoms with Gasteiger partial charge >= 0.3 is 12.1 Å². The number of hydrogen-bond acceptors (Lipinski definition) is 4. The van der Waals surface area contributed by atoms with E-state index in [2.05, 4.69) is 5.32 Å². The van der Waals surface area contributed by atoms with Gasteiger partial charge in [-0.25, -0.2) is 0 Å². The third-order valence-corrected chi connectivity index (χ3v) is 3.39. The molecular formula is C18H16F3NO4. The van der Waals surface area contributed by atoms with Gasteiger partial charge in [0.15, 0.2) is 6.61 Å². The Morgan fingerprint density at radius 2 is 1.69 bits per heavy atom. The van der Waals surface area contributed by atoms with E-state index in [1.54, 1.807) is 24.3 Å².